The van der Waals surface area contributed by atoms with Crippen LogP contribution in [-0.4, -0.2) is 48.5 Å². The molecule has 0 aromatic heterocycles. The molecule has 2 heterocycles. The lowest BCUT2D eigenvalue weighted by atomic mass is 9.98. The summed E-state index contributed by atoms with van der Waals surface area (Å²) < 4.78 is 54.6. The molecule has 1 unspecified atom stereocenters. The zero-order valence-electron chi connectivity index (χ0n) is 18.8. The number of carbonyl (C=O) groups excluding carboxylic acids is 4. The molecule has 36 heavy (non-hydrogen) atoms. The van der Waals surface area contributed by atoms with E-state index in [4.69, 9.17) is 15.2 Å². The Labute approximate surface area is 202 Å². The Kier molecular flexibility index (Phi) is 6.73. The molecule has 0 bridgehead atoms. The van der Waals surface area contributed by atoms with Crippen molar-refractivity contribution in [1.29, 1.82) is 0 Å². The highest BCUT2D eigenvalue weighted by Gasteiger charge is 2.40. The number of nitrogens with one attached hydrogen (secondary N) is 1. The van der Waals surface area contributed by atoms with Crippen LogP contribution in [0.25, 0.3) is 0 Å². The number of methoxy groups -OCH3 is 1. The smallest absolute Gasteiger partial charge is 0.409 e. The maximum Gasteiger partial charge on any atom is 0.409 e. The van der Waals surface area contributed by atoms with Crippen LogP contribution >= 0.6 is 0 Å². The van der Waals surface area contributed by atoms with Gasteiger partial charge in [0.25, 0.3) is 5.91 Å². The maximum atomic E-state index is 14.0. The molecule has 1 atom stereocenters. The number of piperidine rings is 1. The number of fused-ring (bicyclic) bond motifs is 1. The van der Waals surface area contributed by atoms with Gasteiger partial charge < -0.3 is 24.8 Å². The Morgan fingerprint density at radius 1 is 1.17 bits per heavy atom. The molecule has 1 saturated heterocycles. The summed E-state index contributed by atoms with van der Waals surface area (Å²) in [6.45, 7) is -3.25. The first-order chi connectivity index (χ1) is 17.1. The molecule has 1 fully saturated rings. The summed E-state index contributed by atoms with van der Waals surface area (Å²) in [5, 5.41) is 2.21. The highest BCUT2D eigenvalue weighted by Crippen LogP contribution is 2.38. The van der Waals surface area contributed by atoms with Gasteiger partial charge >= 0.3 is 12.7 Å². The highest BCUT2D eigenvalue weighted by molar-refractivity contribution is 6.05. The van der Waals surface area contributed by atoms with Gasteiger partial charge in [0, 0.05) is 41.7 Å². The van der Waals surface area contributed by atoms with Crippen LogP contribution in [0.1, 0.15) is 39.9 Å². The number of nitrogens with zero attached hydrogens (tertiary/aromatic N) is 1. The zero-order valence-corrected chi connectivity index (χ0v) is 18.8. The Morgan fingerprint density at radius 3 is 2.53 bits per heavy atom. The third-order valence-corrected chi connectivity index (χ3v) is 5.84. The summed E-state index contributed by atoms with van der Waals surface area (Å²) in [5.74, 6) is -3.24. The van der Waals surface area contributed by atoms with E-state index in [1.807, 2.05) is 0 Å². The van der Waals surface area contributed by atoms with E-state index >= 15 is 0 Å². The molecule has 4 amide bonds. The largest absolute Gasteiger partial charge is 0.496 e. The average molecular weight is 507 g/mol. The second kappa shape index (κ2) is 9.76. The van der Waals surface area contributed by atoms with Crippen LogP contribution in [-0.2, 0) is 22.6 Å². The number of hydrogen-bond donors (Lipinski definition) is 2. The number of benzene rings is 2. The zero-order chi connectivity index (χ0) is 26.1. The normalized spacial score (nSPS) is 17.2. The van der Waals surface area contributed by atoms with Crippen molar-refractivity contribution in [3.63, 3.8) is 0 Å². The van der Waals surface area contributed by atoms with E-state index < -0.39 is 53.8 Å². The Hall–Kier alpha value is -4.29. The van der Waals surface area contributed by atoms with Crippen molar-refractivity contribution >= 4 is 23.8 Å². The predicted octanol–water partition coefficient (Wildman–Crippen LogP) is 2.24. The van der Waals surface area contributed by atoms with E-state index in [0.717, 1.165) is 6.07 Å². The fourth-order valence-corrected chi connectivity index (χ4v) is 4.34. The van der Waals surface area contributed by atoms with Gasteiger partial charge in [-0.15, -0.1) is 0 Å². The number of alkyl halides is 2. The Morgan fingerprint density at radius 2 is 1.89 bits per heavy atom. The Balaban J connectivity index is 1.72. The standard InChI is InChI=1S/C23H20F3N3O7/c1-34-16-6-10(5-13-17(35-22(25)26)7-11(24)8-18(13)36-23(27)33)4-12-14(16)9-29(21(12)32)15-2-3-19(30)28-20(15)31/h4,6-8,15,22H,2-3,5,9H2,1H3,(H2,27,33)(H,28,30,31). The molecular formula is C23H20F3N3O7. The van der Waals surface area contributed by atoms with Gasteiger partial charge in [-0.25, -0.2) is 9.18 Å². The average Bonchev–Trinajstić information content (AvgIpc) is 3.11. The van der Waals surface area contributed by atoms with Gasteiger partial charge in [0.15, 0.2) is 0 Å². The van der Waals surface area contributed by atoms with Crippen molar-refractivity contribution in [3.05, 3.63) is 52.3 Å². The van der Waals surface area contributed by atoms with Crippen LogP contribution in [0.4, 0.5) is 18.0 Å². The van der Waals surface area contributed by atoms with Crippen LogP contribution in [0.15, 0.2) is 24.3 Å². The number of halogens is 3. The third kappa shape index (κ3) is 4.90. The second-order valence-corrected chi connectivity index (χ2v) is 8.08. The van der Waals surface area contributed by atoms with Crippen molar-refractivity contribution in [3.8, 4) is 17.2 Å². The first-order valence-corrected chi connectivity index (χ1v) is 10.7. The van der Waals surface area contributed by atoms with Crippen molar-refractivity contribution < 1.29 is 46.6 Å². The monoisotopic (exact) mass is 507 g/mol. The lowest BCUT2D eigenvalue weighted by Gasteiger charge is -2.29. The number of carbonyl (C=O) groups is 4. The lowest BCUT2D eigenvalue weighted by Crippen LogP contribution is -2.52. The number of imide groups is 1. The van der Waals surface area contributed by atoms with Gasteiger partial charge in [0.2, 0.25) is 11.8 Å². The van der Waals surface area contributed by atoms with Crippen LogP contribution < -0.4 is 25.3 Å². The summed E-state index contributed by atoms with van der Waals surface area (Å²) in [7, 11) is 1.36. The number of nitrogens with two attached hydrogens (primary N) is 1. The molecule has 13 heteroatoms. The molecule has 0 aliphatic carbocycles. The van der Waals surface area contributed by atoms with Crippen LogP contribution in [0.5, 0.6) is 17.2 Å². The fraction of sp³-hybridized carbons (Fsp3) is 0.304. The lowest BCUT2D eigenvalue weighted by molar-refractivity contribution is -0.136. The van der Waals surface area contributed by atoms with Gasteiger partial charge in [-0.2, -0.15) is 8.78 Å². The van der Waals surface area contributed by atoms with E-state index in [1.54, 1.807) is 0 Å². The van der Waals surface area contributed by atoms with E-state index in [1.165, 1.54) is 24.1 Å². The topological polar surface area (TPSA) is 137 Å². The van der Waals surface area contributed by atoms with E-state index in [0.29, 0.717) is 17.2 Å². The molecule has 190 valence electrons. The summed E-state index contributed by atoms with van der Waals surface area (Å²) in [6, 6.07) is 3.64. The van der Waals surface area contributed by atoms with Crippen molar-refractivity contribution in [2.45, 2.75) is 38.5 Å². The first kappa shape index (κ1) is 24.8. The summed E-state index contributed by atoms with van der Waals surface area (Å²) >= 11 is 0. The molecule has 2 aromatic rings. The number of ether oxygens (including phenoxy) is 3. The second-order valence-electron chi connectivity index (χ2n) is 8.08. The first-order valence-electron chi connectivity index (χ1n) is 10.7. The highest BCUT2D eigenvalue weighted by atomic mass is 19.3. The minimum Gasteiger partial charge on any atom is -0.496 e. The predicted molar refractivity (Wildman–Crippen MR) is 115 cm³/mol. The maximum absolute atomic E-state index is 14.0. The summed E-state index contributed by atoms with van der Waals surface area (Å²) in [5.41, 5.74) is 5.96. The molecule has 3 N–H and O–H groups in total. The van der Waals surface area contributed by atoms with Gasteiger partial charge in [0.1, 0.15) is 29.1 Å². The van der Waals surface area contributed by atoms with Crippen LogP contribution in [0.3, 0.4) is 0 Å². The quantitative estimate of drug-likeness (QED) is 0.549. The van der Waals surface area contributed by atoms with Gasteiger partial charge in [-0.1, -0.05) is 0 Å². The molecule has 0 saturated carbocycles. The van der Waals surface area contributed by atoms with Gasteiger partial charge in [0.05, 0.1) is 13.7 Å². The van der Waals surface area contributed by atoms with Crippen LogP contribution in [0.2, 0.25) is 0 Å². The third-order valence-electron chi connectivity index (χ3n) is 5.84. The summed E-state index contributed by atoms with van der Waals surface area (Å²) in [4.78, 5) is 49.6. The molecule has 0 radical (unpaired) electrons. The molecule has 0 spiro atoms. The molecular weight excluding hydrogens is 487 g/mol. The SMILES string of the molecule is COc1cc(Cc2c(OC(N)=O)cc(F)cc2OC(F)F)cc2c1CN(C1CCC(=O)NC1=O)C2=O. The molecule has 4 rings (SSSR count). The number of primary amides is 1. The number of hydrogen-bond acceptors (Lipinski definition) is 7. The van der Waals surface area contributed by atoms with Crippen LogP contribution in [0, 0.1) is 5.82 Å². The van der Waals surface area contributed by atoms with E-state index in [9.17, 15) is 32.3 Å². The van der Waals surface area contributed by atoms with Crippen molar-refractivity contribution in [2.75, 3.05) is 7.11 Å². The molecule has 2 aliphatic heterocycles. The molecule has 2 aromatic carbocycles. The van der Waals surface area contributed by atoms with Gasteiger partial charge in [-0.05, 0) is 24.1 Å². The van der Waals surface area contributed by atoms with E-state index in [2.05, 4.69) is 10.1 Å². The minimum absolute atomic E-state index is 0.0518. The van der Waals surface area contributed by atoms with Crippen molar-refractivity contribution in [1.82, 2.24) is 10.2 Å². The number of amides is 4. The Bertz CT molecular complexity index is 1270. The fourth-order valence-electron chi connectivity index (χ4n) is 4.34. The van der Waals surface area contributed by atoms with E-state index in [-0.39, 0.29) is 42.7 Å². The van der Waals surface area contributed by atoms with Crippen molar-refractivity contribution in [2.24, 2.45) is 5.73 Å². The molecule has 10 nitrogen and oxygen atoms in total. The summed E-state index contributed by atoms with van der Waals surface area (Å²) in [6.07, 6.45) is -1.29. The number of rotatable bonds is 7. The minimum atomic E-state index is -3.30. The van der Waals surface area contributed by atoms with Gasteiger partial charge in [-0.3, -0.25) is 19.7 Å². The molecule has 2 aliphatic rings.